The van der Waals surface area contributed by atoms with Crippen LogP contribution in [0.2, 0.25) is 0 Å². The molecule has 0 aromatic carbocycles. The Hall–Kier alpha value is -1.89. The molecule has 1 aromatic heterocycles. The highest BCUT2D eigenvalue weighted by molar-refractivity contribution is 5.94. The standard InChI is InChI=1S/C14H17N3O/c1-2-13-5-3-4-8-17(13)14(18)11-6-7-12(9-15)16-10-11/h6-7,10,13H,2-5,8H2,1H3. The van der Waals surface area contributed by atoms with E-state index in [1.54, 1.807) is 12.1 Å². The SMILES string of the molecule is CCC1CCCCN1C(=O)c1ccc(C#N)nc1. The summed E-state index contributed by atoms with van der Waals surface area (Å²) >= 11 is 0. The highest BCUT2D eigenvalue weighted by Gasteiger charge is 2.26. The molecule has 0 spiro atoms. The number of piperidine rings is 1. The van der Waals surface area contributed by atoms with Gasteiger partial charge < -0.3 is 4.90 Å². The maximum atomic E-state index is 12.4. The lowest BCUT2D eigenvalue weighted by atomic mass is 9.99. The third kappa shape index (κ3) is 2.51. The topological polar surface area (TPSA) is 57.0 Å². The molecular weight excluding hydrogens is 226 g/mol. The zero-order valence-electron chi connectivity index (χ0n) is 10.6. The number of aromatic nitrogens is 1. The van der Waals surface area contributed by atoms with Crippen LogP contribution in [0.1, 0.15) is 48.7 Å². The number of nitriles is 1. The lowest BCUT2D eigenvalue weighted by molar-refractivity contribution is 0.0607. The Labute approximate surface area is 107 Å². The Bertz CT molecular complexity index is 461. The monoisotopic (exact) mass is 243 g/mol. The van der Waals surface area contributed by atoms with Crippen LogP contribution in [0.3, 0.4) is 0 Å². The third-order valence-corrected chi connectivity index (χ3v) is 3.48. The molecule has 1 aromatic rings. The van der Waals surface area contributed by atoms with Gasteiger partial charge in [0.25, 0.3) is 5.91 Å². The summed E-state index contributed by atoms with van der Waals surface area (Å²) in [4.78, 5) is 18.3. The second-order valence-corrected chi connectivity index (χ2v) is 4.60. The van der Waals surface area contributed by atoms with Crippen molar-refractivity contribution in [1.29, 1.82) is 5.26 Å². The first-order valence-electron chi connectivity index (χ1n) is 6.43. The Morgan fingerprint density at radius 1 is 1.56 bits per heavy atom. The molecule has 1 aliphatic rings. The van der Waals surface area contributed by atoms with Crippen molar-refractivity contribution in [3.8, 4) is 6.07 Å². The number of hydrogen-bond acceptors (Lipinski definition) is 3. The van der Waals surface area contributed by atoms with Crippen molar-refractivity contribution >= 4 is 5.91 Å². The summed E-state index contributed by atoms with van der Waals surface area (Å²) in [6.07, 6.45) is 5.86. The molecule has 94 valence electrons. The van der Waals surface area contributed by atoms with Crippen LogP contribution in [0.4, 0.5) is 0 Å². The summed E-state index contributed by atoms with van der Waals surface area (Å²) < 4.78 is 0. The lowest BCUT2D eigenvalue weighted by Gasteiger charge is -2.35. The summed E-state index contributed by atoms with van der Waals surface area (Å²) in [6.45, 7) is 2.95. The van der Waals surface area contributed by atoms with Gasteiger partial charge in [-0.2, -0.15) is 5.26 Å². The van der Waals surface area contributed by atoms with Gasteiger partial charge in [0.1, 0.15) is 11.8 Å². The summed E-state index contributed by atoms with van der Waals surface area (Å²) in [6, 6.07) is 5.59. The van der Waals surface area contributed by atoms with E-state index in [2.05, 4.69) is 11.9 Å². The van der Waals surface area contributed by atoms with Gasteiger partial charge in [-0.05, 0) is 37.8 Å². The Balaban J connectivity index is 2.16. The van der Waals surface area contributed by atoms with Gasteiger partial charge in [0.05, 0.1) is 5.56 Å². The molecular formula is C14H17N3O. The molecule has 2 rings (SSSR count). The maximum Gasteiger partial charge on any atom is 0.255 e. The zero-order chi connectivity index (χ0) is 13.0. The number of nitrogens with zero attached hydrogens (tertiary/aromatic N) is 3. The number of carbonyl (C=O) groups excluding carboxylic acids is 1. The van der Waals surface area contributed by atoms with Crippen LogP contribution in [-0.2, 0) is 0 Å². The van der Waals surface area contributed by atoms with Crippen molar-refractivity contribution in [2.45, 2.75) is 38.6 Å². The van der Waals surface area contributed by atoms with Gasteiger partial charge >= 0.3 is 0 Å². The molecule has 1 unspecified atom stereocenters. The number of amides is 1. The molecule has 0 bridgehead atoms. The summed E-state index contributed by atoms with van der Waals surface area (Å²) in [5.41, 5.74) is 0.923. The lowest BCUT2D eigenvalue weighted by Crippen LogP contribution is -2.43. The van der Waals surface area contributed by atoms with Crippen molar-refractivity contribution in [1.82, 2.24) is 9.88 Å². The second-order valence-electron chi connectivity index (χ2n) is 4.60. The first-order valence-corrected chi connectivity index (χ1v) is 6.43. The largest absolute Gasteiger partial charge is 0.336 e. The number of likely N-dealkylation sites (tertiary alicyclic amines) is 1. The van der Waals surface area contributed by atoms with E-state index in [0.717, 1.165) is 25.8 Å². The molecule has 1 aliphatic heterocycles. The predicted octanol–water partition coefficient (Wildman–Crippen LogP) is 2.36. The van der Waals surface area contributed by atoms with Gasteiger partial charge in [0.2, 0.25) is 0 Å². The highest BCUT2D eigenvalue weighted by Crippen LogP contribution is 2.21. The number of hydrogen-bond donors (Lipinski definition) is 0. The molecule has 4 heteroatoms. The third-order valence-electron chi connectivity index (χ3n) is 3.48. The first kappa shape index (κ1) is 12.6. The van der Waals surface area contributed by atoms with Crippen LogP contribution in [0, 0.1) is 11.3 Å². The van der Waals surface area contributed by atoms with Crippen LogP contribution in [-0.4, -0.2) is 28.4 Å². The molecule has 0 N–H and O–H groups in total. The van der Waals surface area contributed by atoms with Crippen molar-refractivity contribution in [2.24, 2.45) is 0 Å². The minimum Gasteiger partial charge on any atom is -0.336 e. The molecule has 1 atom stereocenters. The van der Waals surface area contributed by atoms with Gasteiger partial charge in [-0.25, -0.2) is 4.98 Å². The van der Waals surface area contributed by atoms with E-state index >= 15 is 0 Å². The summed E-state index contributed by atoms with van der Waals surface area (Å²) in [7, 11) is 0. The Morgan fingerprint density at radius 3 is 3.00 bits per heavy atom. The van der Waals surface area contributed by atoms with Crippen LogP contribution in [0.5, 0.6) is 0 Å². The molecule has 1 saturated heterocycles. The number of pyridine rings is 1. The number of rotatable bonds is 2. The quantitative estimate of drug-likeness (QED) is 0.801. The molecule has 0 radical (unpaired) electrons. The van der Waals surface area contributed by atoms with Gasteiger partial charge in [0, 0.05) is 18.8 Å². The van der Waals surface area contributed by atoms with Crippen LogP contribution >= 0.6 is 0 Å². The average molecular weight is 243 g/mol. The minimum atomic E-state index is 0.0403. The van der Waals surface area contributed by atoms with Crippen molar-refractivity contribution in [2.75, 3.05) is 6.54 Å². The van der Waals surface area contributed by atoms with Gasteiger partial charge in [-0.15, -0.1) is 0 Å². The van der Waals surface area contributed by atoms with E-state index < -0.39 is 0 Å². The van der Waals surface area contributed by atoms with Crippen LogP contribution in [0.25, 0.3) is 0 Å². The van der Waals surface area contributed by atoms with Gasteiger partial charge in [-0.3, -0.25) is 4.79 Å². The van der Waals surface area contributed by atoms with Crippen LogP contribution < -0.4 is 0 Å². The van der Waals surface area contributed by atoms with Crippen molar-refractivity contribution < 1.29 is 4.79 Å². The van der Waals surface area contributed by atoms with E-state index in [4.69, 9.17) is 5.26 Å². The molecule has 18 heavy (non-hydrogen) atoms. The smallest absolute Gasteiger partial charge is 0.255 e. The maximum absolute atomic E-state index is 12.4. The van der Waals surface area contributed by atoms with Gasteiger partial charge in [-0.1, -0.05) is 6.92 Å². The average Bonchev–Trinajstić information content (AvgIpc) is 2.46. The molecule has 0 saturated carbocycles. The fraction of sp³-hybridized carbons (Fsp3) is 0.500. The first-order chi connectivity index (χ1) is 8.76. The van der Waals surface area contributed by atoms with E-state index in [0.29, 0.717) is 17.3 Å². The van der Waals surface area contributed by atoms with E-state index in [1.165, 1.54) is 12.6 Å². The van der Waals surface area contributed by atoms with E-state index in [9.17, 15) is 4.79 Å². The van der Waals surface area contributed by atoms with Gasteiger partial charge in [0.15, 0.2) is 0 Å². The molecule has 1 fully saturated rings. The fourth-order valence-corrected chi connectivity index (χ4v) is 2.44. The van der Waals surface area contributed by atoms with E-state index in [1.807, 2.05) is 11.0 Å². The van der Waals surface area contributed by atoms with Crippen molar-refractivity contribution in [3.63, 3.8) is 0 Å². The Morgan fingerprint density at radius 2 is 2.39 bits per heavy atom. The van der Waals surface area contributed by atoms with E-state index in [-0.39, 0.29) is 5.91 Å². The number of carbonyl (C=O) groups is 1. The molecule has 2 heterocycles. The normalized spacial score (nSPS) is 19.3. The highest BCUT2D eigenvalue weighted by atomic mass is 16.2. The molecule has 1 amide bonds. The predicted molar refractivity (Wildman–Crippen MR) is 67.9 cm³/mol. The van der Waals surface area contributed by atoms with Crippen LogP contribution in [0.15, 0.2) is 18.3 Å². The summed E-state index contributed by atoms with van der Waals surface area (Å²) in [5.74, 6) is 0.0403. The minimum absolute atomic E-state index is 0.0403. The van der Waals surface area contributed by atoms with Crippen molar-refractivity contribution in [3.05, 3.63) is 29.6 Å². The second kappa shape index (κ2) is 5.63. The Kier molecular flexibility index (Phi) is 3.93. The summed E-state index contributed by atoms with van der Waals surface area (Å²) in [5, 5.41) is 8.69. The zero-order valence-corrected chi connectivity index (χ0v) is 10.6. The molecule has 0 aliphatic carbocycles. The fourth-order valence-electron chi connectivity index (χ4n) is 2.44. The molecule has 4 nitrogen and oxygen atoms in total.